The molecule has 0 bridgehead atoms. The molecular formula is C22H23ClF2N2O2. The first-order valence-corrected chi connectivity index (χ1v) is 10.2. The summed E-state index contributed by atoms with van der Waals surface area (Å²) in [4.78, 5) is 16.5. The van der Waals surface area contributed by atoms with Crippen molar-refractivity contribution in [3.63, 3.8) is 0 Å². The summed E-state index contributed by atoms with van der Waals surface area (Å²) in [5.41, 5.74) is 1.56. The molecule has 1 unspecified atom stereocenters. The van der Waals surface area contributed by atoms with Crippen LogP contribution < -0.4 is 0 Å². The minimum atomic E-state index is -1.07. The highest BCUT2D eigenvalue weighted by atomic mass is 35.5. The number of phenols is 1. The molecule has 29 heavy (non-hydrogen) atoms. The second kappa shape index (κ2) is 8.28. The quantitative estimate of drug-likeness (QED) is 0.809. The number of alkyl halides is 1. The lowest BCUT2D eigenvalue weighted by Crippen LogP contribution is -2.49. The fourth-order valence-corrected chi connectivity index (χ4v) is 4.50. The molecule has 0 aromatic heterocycles. The summed E-state index contributed by atoms with van der Waals surface area (Å²) in [7, 11) is 0. The van der Waals surface area contributed by atoms with E-state index in [0.717, 1.165) is 5.56 Å². The van der Waals surface area contributed by atoms with Crippen molar-refractivity contribution in [2.45, 2.75) is 37.5 Å². The van der Waals surface area contributed by atoms with Gasteiger partial charge in [0, 0.05) is 25.6 Å². The molecular weight excluding hydrogens is 398 g/mol. The minimum Gasteiger partial charge on any atom is -0.508 e. The van der Waals surface area contributed by atoms with Crippen molar-refractivity contribution >= 4 is 17.5 Å². The van der Waals surface area contributed by atoms with E-state index in [0.29, 0.717) is 38.0 Å². The van der Waals surface area contributed by atoms with E-state index in [1.807, 2.05) is 4.90 Å². The van der Waals surface area contributed by atoms with Gasteiger partial charge in [-0.15, -0.1) is 0 Å². The molecule has 0 saturated carbocycles. The molecule has 2 aliphatic rings. The Bertz CT molecular complexity index is 893. The Morgan fingerprint density at radius 2 is 1.86 bits per heavy atom. The second-order valence-corrected chi connectivity index (χ2v) is 8.22. The molecule has 2 aliphatic heterocycles. The number of amides is 1. The maximum absolute atomic E-state index is 14.9. The molecule has 2 heterocycles. The smallest absolute Gasteiger partial charge is 0.240 e. The molecule has 4 nitrogen and oxygen atoms in total. The molecule has 2 saturated heterocycles. The predicted molar refractivity (Wildman–Crippen MR) is 107 cm³/mol. The minimum absolute atomic E-state index is 0.0318. The molecule has 2 aromatic rings. The number of phenolic OH excluding ortho intramolecular Hbond substituents is 1. The van der Waals surface area contributed by atoms with E-state index in [9.17, 15) is 18.7 Å². The van der Waals surface area contributed by atoms with Crippen molar-refractivity contribution in [1.82, 2.24) is 9.80 Å². The largest absolute Gasteiger partial charge is 0.508 e. The summed E-state index contributed by atoms with van der Waals surface area (Å²) in [6, 6.07) is 10.9. The SMILES string of the molecule is O=C1C(N2CC[C@@H](c3ccc(O)cc3)[C@H](F)C2)CCN1Cc1ccc(Cl)c(F)c1. The summed E-state index contributed by atoms with van der Waals surface area (Å²) in [6.45, 7) is 1.76. The Morgan fingerprint density at radius 1 is 1.10 bits per heavy atom. The summed E-state index contributed by atoms with van der Waals surface area (Å²) in [6.07, 6.45) is 0.199. The van der Waals surface area contributed by atoms with E-state index >= 15 is 0 Å². The highest BCUT2D eigenvalue weighted by Gasteiger charge is 2.40. The Labute approximate surface area is 173 Å². The van der Waals surface area contributed by atoms with Crippen molar-refractivity contribution in [2.75, 3.05) is 19.6 Å². The Balaban J connectivity index is 1.38. The topological polar surface area (TPSA) is 43.8 Å². The third kappa shape index (κ3) is 4.23. The van der Waals surface area contributed by atoms with Gasteiger partial charge in [0.2, 0.25) is 5.91 Å². The number of benzene rings is 2. The average molecular weight is 421 g/mol. The molecule has 2 fully saturated rings. The van der Waals surface area contributed by atoms with E-state index in [-0.39, 0.29) is 35.2 Å². The van der Waals surface area contributed by atoms with E-state index < -0.39 is 12.0 Å². The molecule has 1 N–H and O–H groups in total. The Hall–Kier alpha value is -2.18. The fourth-order valence-electron chi connectivity index (χ4n) is 4.39. The lowest BCUT2D eigenvalue weighted by molar-refractivity contribution is -0.133. The van der Waals surface area contributed by atoms with Crippen LogP contribution in [0.3, 0.4) is 0 Å². The maximum atomic E-state index is 14.9. The van der Waals surface area contributed by atoms with E-state index in [2.05, 4.69) is 0 Å². The number of carbonyl (C=O) groups excluding carboxylic acids is 1. The highest BCUT2D eigenvalue weighted by molar-refractivity contribution is 6.30. The summed E-state index contributed by atoms with van der Waals surface area (Å²) >= 11 is 5.72. The van der Waals surface area contributed by atoms with Gasteiger partial charge in [0.15, 0.2) is 0 Å². The molecule has 4 rings (SSSR count). The van der Waals surface area contributed by atoms with Crippen LogP contribution in [0.1, 0.15) is 29.9 Å². The average Bonchev–Trinajstić information content (AvgIpc) is 3.06. The molecule has 0 radical (unpaired) electrons. The van der Waals surface area contributed by atoms with Crippen molar-refractivity contribution < 1.29 is 18.7 Å². The van der Waals surface area contributed by atoms with Crippen LogP contribution in [-0.2, 0) is 11.3 Å². The molecule has 154 valence electrons. The third-order valence-electron chi connectivity index (χ3n) is 5.96. The number of hydrogen-bond acceptors (Lipinski definition) is 3. The Kier molecular flexibility index (Phi) is 5.74. The molecule has 1 amide bonds. The normalized spacial score (nSPS) is 25.6. The van der Waals surface area contributed by atoms with Crippen LogP contribution in [0.5, 0.6) is 5.75 Å². The van der Waals surface area contributed by atoms with Gasteiger partial charge in [-0.3, -0.25) is 9.69 Å². The first-order chi connectivity index (χ1) is 13.9. The number of aromatic hydroxyl groups is 1. The van der Waals surface area contributed by atoms with Crippen LogP contribution in [0, 0.1) is 5.82 Å². The van der Waals surface area contributed by atoms with Gasteiger partial charge in [0.05, 0.1) is 11.1 Å². The number of likely N-dealkylation sites (tertiary alicyclic amines) is 2. The summed E-state index contributed by atoms with van der Waals surface area (Å²) in [5.74, 6) is -0.588. The van der Waals surface area contributed by atoms with Crippen LogP contribution in [0.25, 0.3) is 0 Å². The second-order valence-electron chi connectivity index (χ2n) is 7.81. The molecule has 0 spiro atoms. The van der Waals surface area contributed by atoms with Crippen LogP contribution in [-0.4, -0.2) is 52.7 Å². The van der Waals surface area contributed by atoms with E-state index in [1.54, 1.807) is 35.2 Å². The lowest BCUT2D eigenvalue weighted by atomic mass is 9.87. The van der Waals surface area contributed by atoms with Gasteiger partial charge in [-0.25, -0.2) is 8.78 Å². The number of nitrogens with zero attached hydrogens (tertiary/aromatic N) is 2. The van der Waals surface area contributed by atoms with Gasteiger partial charge in [0.25, 0.3) is 0 Å². The van der Waals surface area contributed by atoms with Crippen LogP contribution in [0.15, 0.2) is 42.5 Å². The first-order valence-electron chi connectivity index (χ1n) is 9.82. The third-order valence-corrected chi connectivity index (χ3v) is 6.27. The van der Waals surface area contributed by atoms with Gasteiger partial charge in [-0.2, -0.15) is 0 Å². The fraction of sp³-hybridized carbons (Fsp3) is 0.409. The standard InChI is InChI=1S/C22H23ClF2N2O2/c23-18-6-1-14(11-19(18)24)12-27-10-8-21(22(27)29)26-9-7-17(20(25)13-26)15-2-4-16(28)5-3-15/h1-6,11,17,20-21,28H,7-10,12-13H2/t17-,20+,21?/m0/s1. The van der Waals surface area contributed by atoms with Gasteiger partial charge >= 0.3 is 0 Å². The predicted octanol–water partition coefficient (Wildman–Crippen LogP) is 4.11. The number of piperidine rings is 1. The van der Waals surface area contributed by atoms with Crippen LogP contribution >= 0.6 is 11.6 Å². The van der Waals surface area contributed by atoms with Gasteiger partial charge in [-0.1, -0.05) is 29.8 Å². The van der Waals surface area contributed by atoms with Gasteiger partial charge in [0.1, 0.15) is 17.7 Å². The van der Waals surface area contributed by atoms with Gasteiger partial charge < -0.3 is 10.0 Å². The number of halogens is 3. The number of hydrogen-bond donors (Lipinski definition) is 1. The molecule has 3 atom stereocenters. The zero-order valence-corrected chi connectivity index (χ0v) is 16.7. The van der Waals surface area contributed by atoms with Crippen molar-refractivity contribution in [3.8, 4) is 5.75 Å². The highest BCUT2D eigenvalue weighted by Crippen LogP contribution is 2.33. The van der Waals surface area contributed by atoms with Gasteiger partial charge in [-0.05, 0) is 54.8 Å². The van der Waals surface area contributed by atoms with Crippen molar-refractivity contribution in [2.24, 2.45) is 0 Å². The lowest BCUT2D eigenvalue weighted by Gasteiger charge is -2.37. The van der Waals surface area contributed by atoms with E-state index in [1.165, 1.54) is 12.1 Å². The van der Waals surface area contributed by atoms with Crippen molar-refractivity contribution in [3.05, 3.63) is 64.4 Å². The van der Waals surface area contributed by atoms with E-state index in [4.69, 9.17) is 11.6 Å². The zero-order chi connectivity index (χ0) is 20.5. The zero-order valence-electron chi connectivity index (χ0n) is 15.9. The monoisotopic (exact) mass is 420 g/mol. The molecule has 2 aromatic carbocycles. The van der Waals surface area contributed by atoms with Crippen molar-refractivity contribution in [1.29, 1.82) is 0 Å². The Morgan fingerprint density at radius 3 is 2.55 bits per heavy atom. The summed E-state index contributed by atoms with van der Waals surface area (Å²) < 4.78 is 28.6. The first kappa shape index (κ1) is 20.1. The number of carbonyl (C=O) groups is 1. The molecule has 0 aliphatic carbocycles. The van der Waals surface area contributed by atoms with Crippen LogP contribution in [0.4, 0.5) is 8.78 Å². The summed E-state index contributed by atoms with van der Waals surface area (Å²) in [5, 5.41) is 9.48. The molecule has 7 heteroatoms. The van der Waals surface area contributed by atoms with Crippen LogP contribution in [0.2, 0.25) is 5.02 Å². The number of rotatable bonds is 4. The maximum Gasteiger partial charge on any atom is 0.240 e.